The number of carbonyl (C=O) groups excluding carboxylic acids is 1. The number of aromatic nitrogens is 1. The van der Waals surface area contributed by atoms with E-state index in [1.807, 2.05) is 0 Å². The smallest absolute Gasteiger partial charge is 0.271 e. The van der Waals surface area contributed by atoms with Crippen LogP contribution in [0.15, 0.2) is 29.6 Å². The SMILES string of the molecule is CC(NC(=O)c1csc(N)n1)c1cccc(F)c1. The van der Waals surface area contributed by atoms with Gasteiger partial charge in [0, 0.05) is 5.38 Å². The zero-order chi connectivity index (χ0) is 13.1. The van der Waals surface area contributed by atoms with Crippen LogP contribution in [-0.4, -0.2) is 10.9 Å². The van der Waals surface area contributed by atoms with Crippen molar-refractivity contribution in [1.82, 2.24) is 10.3 Å². The molecule has 1 heterocycles. The van der Waals surface area contributed by atoms with Crippen LogP contribution < -0.4 is 11.1 Å². The maximum absolute atomic E-state index is 13.1. The van der Waals surface area contributed by atoms with Crippen molar-refractivity contribution in [3.63, 3.8) is 0 Å². The molecule has 0 saturated heterocycles. The van der Waals surface area contributed by atoms with Gasteiger partial charge in [0.15, 0.2) is 5.13 Å². The first kappa shape index (κ1) is 12.5. The minimum absolute atomic E-state index is 0.278. The fourth-order valence-electron chi connectivity index (χ4n) is 1.52. The van der Waals surface area contributed by atoms with Gasteiger partial charge in [-0.15, -0.1) is 11.3 Å². The third-order valence-corrected chi connectivity index (χ3v) is 3.12. The summed E-state index contributed by atoms with van der Waals surface area (Å²) in [6, 6.07) is 5.81. The molecule has 0 bridgehead atoms. The van der Waals surface area contributed by atoms with E-state index < -0.39 is 0 Å². The van der Waals surface area contributed by atoms with Crippen LogP contribution in [-0.2, 0) is 0 Å². The van der Waals surface area contributed by atoms with Gasteiger partial charge >= 0.3 is 0 Å². The van der Waals surface area contributed by atoms with Crippen LogP contribution in [0.1, 0.15) is 29.0 Å². The van der Waals surface area contributed by atoms with Gasteiger partial charge in [0.1, 0.15) is 11.5 Å². The van der Waals surface area contributed by atoms with Gasteiger partial charge in [-0.2, -0.15) is 0 Å². The molecule has 2 rings (SSSR count). The normalized spacial score (nSPS) is 12.1. The Morgan fingerprint density at radius 1 is 1.56 bits per heavy atom. The lowest BCUT2D eigenvalue weighted by Gasteiger charge is -2.13. The van der Waals surface area contributed by atoms with Crippen molar-refractivity contribution in [2.24, 2.45) is 0 Å². The molecule has 0 aliphatic heterocycles. The van der Waals surface area contributed by atoms with Gasteiger partial charge in [0.05, 0.1) is 6.04 Å². The van der Waals surface area contributed by atoms with E-state index in [1.54, 1.807) is 24.4 Å². The molecule has 0 radical (unpaired) electrons. The van der Waals surface area contributed by atoms with Gasteiger partial charge in [0.25, 0.3) is 5.91 Å². The Hall–Kier alpha value is -1.95. The highest BCUT2D eigenvalue weighted by molar-refractivity contribution is 7.13. The lowest BCUT2D eigenvalue weighted by Crippen LogP contribution is -2.27. The van der Waals surface area contributed by atoms with E-state index in [-0.39, 0.29) is 23.5 Å². The van der Waals surface area contributed by atoms with E-state index in [9.17, 15) is 9.18 Å². The predicted octanol–water partition coefficient (Wildman–Crippen LogP) is 2.36. The molecule has 1 unspecified atom stereocenters. The van der Waals surface area contributed by atoms with Crippen molar-refractivity contribution in [2.75, 3.05) is 5.73 Å². The fraction of sp³-hybridized carbons (Fsp3) is 0.167. The zero-order valence-corrected chi connectivity index (χ0v) is 10.5. The predicted molar refractivity (Wildman–Crippen MR) is 68.8 cm³/mol. The summed E-state index contributed by atoms with van der Waals surface area (Å²) in [5.74, 6) is -0.647. The Kier molecular flexibility index (Phi) is 3.57. The molecule has 3 N–H and O–H groups in total. The molecule has 1 aromatic carbocycles. The van der Waals surface area contributed by atoms with Gasteiger partial charge in [0.2, 0.25) is 0 Å². The highest BCUT2D eigenvalue weighted by Gasteiger charge is 2.14. The summed E-state index contributed by atoms with van der Waals surface area (Å²) >= 11 is 1.20. The molecule has 0 fully saturated rings. The molecule has 94 valence electrons. The average Bonchev–Trinajstić information content (AvgIpc) is 2.76. The van der Waals surface area contributed by atoms with Gasteiger partial charge in [-0.3, -0.25) is 4.79 Å². The van der Waals surface area contributed by atoms with E-state index in [0.29, 0.717) is 10.7 Å². The molecule has 0 saturated carbocycles. The standard InChI is InChI=1S/C12H12FN3OS/c1-7(8-3-2-4-9(13)5-8)15-11(17)10-6-18-12(14)16-10/h2-7H,1H3,(H2,14,16)(H,15,17). The van der Waals surface area contributed by atoms with Crippen molar-refractivity contribution < 1.29 is 9.18 Å². The Morgan fingerprint density at radius 2 is 2.33 bits per heavy atom. The summed E-state index contributed by atoms with van der Waals surface area (Å²) in [6.45, 7) is 1.78. The van der Waals surface area contributed by atoms with Crippen molar-refractivity contribution in [1.29, 1.82) is 0 Å². The van der Waals surface area contributed by atoms with Crippen LogP contribution >= 0.6 is 11.3 Å². The fourth-order valence-corrected chi connectivity index (χ4v) is 2.06. The molecule has 1 amide bonds. The van der Waals surface area contributed by atoms with Crippen molar-refractivity contribution >= 4 is 22.4 Å². The van der Waals surface area contributed by atoms with E-state index in [4.69, 9.17) is 5.73 Å². The highest BCUT2D eigenvalue weighted by Crippen LogP contribution is 2.15. The van der Waals surface area contributed by atoms with Crippen molar-refractivity contribution in [3.8, 4) is 0 Å². The number of nitrogens with zero attached hydrogens (tertiary/aromatic N) is 1. The maximum Gasteiger partial charge on any atom is 0.271 e. The molecule has 4 nitrogen and oxygen atoms in total. The second-order valence-electron chi connectivity index (χ2n) is 3.82. The van der Waals surface area contributed by atoms with Gasteiger partial charge in [-0.1, -0.05) is 12.1 Å². The quantitative estimate of drug-likeness (QED) is 0.895. The molecular formula is C12H12FN3OS. The summed E-state index contributed by atoms with van der Waals surface area (Å²) in [4.78, 5) is 15.7. The van der Waals surface area contributed by atoms with E-state index in [1.165, 1.54) is 23.5 Å². The lowest BCUT2D eigenvalue weighted by atomic mass is 10.1. The molecule has 1 atom stereocenters. The van der Waals surface area contributed by atoms with Crippen molar-refractivity contribution in [3.05, 3.63) is 46.7 Å². The minimum Gasteiger partial charge on any atom is -0.375 e. The van der Waals surface area contributed by atoms with E-state index in [0.717, 1.165) is 0 Å². The number of amides is 1. The molecule has 2 aromatic rings. The number of anilines is 1. The number of nitrogen functional groups attached to an aromatic ring is 1. The first-order chi connectivity index (χ1) is 8.56. The number of rotatable bonds is 3. The Bertz CT molecular complexity index is 570. The molecule has 18 heavy (non-hydrogen) atoms. The van der Waals surface area contributed by atoms with Crippen LogP contribution in [0.5, 0.6) is 0 Å². The largest absolute Gasteiger partial charge is 0.375 e. The Morgan fingerprint density at radius 3 is 2.94 bits per heavy atom. The van der Waals surface area contributed by atoms with E-state index >= 15 is 0 Å². The van der Waals surface area contributed by atoms with E-state index in [2.05, 4.69) is 10.3 Å². The minimum atomic E-state index is -0.327. The number of carbonyl (C=O) groups is 1. The number of benzene rings is 1. The van der Waals surface area contributed by atoms with Crippen LogP contribution in [0.4, 0.5) is 9.52 Å². The maximum atomic E-state index is 13.1. The third-order valence-electron chi connectivity index (χ3n) is 2.45. The first-order valence-corrected chi connectivity index (χ1v) is 6.21. The summed E-state index contributed by atoms with van der Waals surface area (Å²) in [6.07, 6.45) is 0. The lowest BCUT2D eigenvalue weighted by molar-refractivity contribution is 0.0935. The van der Waals surface area contributed by atoms with Gasteiger partial charge < -0.3 is 11.1 Å². The molecule has 0 aliphatic carbocycles. The summed E-state index contributed by atoms with van der Waals surface area (Å²) in [5.41, 5.74) is 6.43. The van der Waals surface area contributed by atoms with Crippen molar-refractivity contribution in [2.45, 2.75) is 13.0 Å². The first-order valence-electron chi connectivity index (χ1n) is 5.33. The topological polar surface area (TPSA) is 68.0 Å². The van der Waals surface area contributed by atoms with Crippen LogP contribution in [0.3, 0.4) is 0 Å². The number of hydrogen-bond acceptors (Lipinski definition) is 4. The number of nitrogens with two attached hydrogens (primary N) is 1. The molecule has 0 spiro atoms. The number of thiazole rings is 1. The Balaban J connectivity index is 2.07. The zero-order valence-electron chi connectivity index (χ0n) is 9.68. The third kappa shape index (κ3) is 2.84. The highest BCUT2D eigenvalue weighted by atomic mass is 32.1. The summed E-state index contributed by atoms with van der Waals surface area (Å²) < 4.78 is 13.1. The van der Waals surface area contributed by atoms with Crippen LogP contribution in [0.2, 0.25) is 0 Å². The van der Waals surface area contributed by atoms with Gasteiger partial charge in [-0.25, -0.2) is 9.37 Å². The van der Waals surface area contributed by atoms with Gasteiger partial charge in [-0.05, 0) is 24.6 Å². The second kappa shape index (κ2) is 5.14. The molecular weight excluding hydrogens is 253 g/mol. The average molecular weight is 265 g/mol. The summed E-state index contributed by atoms with van der Waals surface area (Å²) in [7, 11) is 0. The number of hydrogen-bond donors (Lipinski definition) is 2. The monoisotopic (exact) mass is 265 g/mol. The summed E-state index contributed by atoms with van der Waals surface area (Å²) in [5, 5.41) is 4.67. The molecule has 1 aromatic heterocycles. The van der Waals surface area contributed by atoms with Crippen LogP contribution in [0, 0.1) is 5.82 Å². The molecule has 6 heteroatoms. The second-order valence-corrected chi connectivity index (χ2v) is 4.71. The Labute approximate surface area is 108 Å². The van der Waals surface area contributed by atoms with Crippen LogP contribution in [0.25, 0.3) is 0 Å². The molecule has 0 aliphatic rings. The number of halogens is 1. The number of nitrogens with one attached hydrogen (secondary N) is 1.